The molecule has 7 heteroatoms. The van der Waals surface area contributed by atoms with Crippen molar-refractivity contribution in [2.75, 3.05) is 52.9 Å². The average Bonchev–Trinajstić information content (AvgIpc) is 2.72. The summed E-state index contributed by atoms with van der Waals surface area (Å²) in [6, 6.07) is 8.88. The number of piperazine rings is 1. The van der Waals surface area contributed by atoms with Crippen molar-refractivity contribution in [3.63, 3.8) is 0 Å². The van der Waals surface area contributed by atoms with Crippen molar-refractivity contribution in [2.24, 2.45) is 0 Å². The van der Waals surface area contributed by atoms with Crippen molar-refractivity contribution in [1.29, 1.82) is 0 Å². The molecule has 2 aliphatic rings. The second kappa shape index (κ2) is 9.21. The average molecular weight is 386 g/mol. The third-order valence-corrected chi connectivity index (χ3v) is 5.49. The van der Waals surface area contributed by atoms with Crippen LogP contribution in [0.25, 0.3) is 0 Å². The maximum Gasteiger partial charge on any atom is 0.338 e. The van der Waals surface area contributed by atoms with E-state index < -0.39 is 6.04 Å². The van der Waals surface area contributed by atoms with Gasteiger partial charge in [0.25, 0.3) is 0 Å². The van der Waals surface area contributed by atoms with Gasteiger partial charge in [0.05, 0.1) is 18.2 Å². The molecule has 1 saturated heterocycles. The van der Waals surface area contributed by atoms with Gasteiger partial charge in [-0.25, -0.2) is 9.59 Å². The number of ether oxygens (including phenoxy) is 1. The highest BCUT2D eigenvalue weighted by molar-refractivity contribution is 5.95. The molecule has 28 heavy (non-hydrogen) atoms. The molecule has 7 nitrogen and oxygen atoms in total. The molecule has 1 aromatic rings. The molecule has 3 rings (SSSR count). The molecule has 1 atom stereocenters. The van der Waals surface area contributed by atoms with E-state index in [1.165, 1.54) is 0 Å². The normalized spacial score (nSPS) is 21.6. The molecule has 1 N–H and O–H groups in total. The Labute approximate surface area is 166 Å². The largest absolute Gasteiger partial charge is 0.463 e. The highest BCUT2D eigenvalue weighted by Crippen LogP contribution is 2.31. The summed E-state index contributed by atoms with van der Waals surface area (Å²) in [4.78, 5) is 31.8. The minimum Gasteiger partial charge on any atom is -0.463 e. The van der Waals surface area contributed by atoms with Gasteiger partial charge in [0.15, 0.2) is 0 Å². The van der Waals surface area contributed by atoms with Gasteiger partial charge in [-0.05, 0) is 19.0 Å². The second-order valence-electron chi connectivity index (χ2n) is 7.14. The summed E-state index contributed by atoms with van der Waals surface area (Å²) < 4.78 is 5.37. The Morgan fingerprint density at radius 3 is 2.36 bits per heavy atom. The first kappa shape index (κ1) is 20.4. The van der Waals surface area contributed by atoms with E-state index in [1.54, 1.807) is 18.9 Å². The predicted octanol–water partition coefficient (Wildman–Crippen LogP) is 1.84. The Kier molecular flexibility index (Phi) is 6.70. The van der Waals surface area contributed by atoms with Crippen LogP contribution in [0, 0.1) is 0 Å². The number of esters is 1. The van der Waals surface area contributed by atoms with E-state index in [4.69, 9.17) is 4.74 Å². The molecular weight excluding hydrogens is 356 g/mol. The Morgan fingerprint density at radius 1 is 1.11 bits per heavy atom. The number of carbonyl (C=O) groups is 2. The van der Waals surface area contributed by atoms with E-state index >= 15 is 0 Å². The first-order valence-electron chi connectivity index (χ1n) is 9.99. The Balaban J connectivity index is 1.95. The van der Waals surface area contributed by atoms with Crippen LogP contribution in [0.5, 0.6) is 0 Å². The summed E-state index contributed by atoms with van der Waals surface area (Å²) in [5.74, 6) is -0.370. The molecule has 1 fully saturated rings. The maximum absolute atomic E-state index is 12.9. The quantitative estimate of drug-likeness (QED) is 0.756. The molecule has 0 radical (unpaired) electrons. The number of hydrogen-bond acceptors (Lipinski definition) is 5. The van der Waals surface area contributed by atoms with Crippen molar-refractivity contribution in [3.8, 4) is 0 Å². The molecule has 1 unspecified atom stereocenters. The number of urea groups is 1. The van der Waals surface area contributed by atoms with Crippen molar-refractivity contribution >= 4 is 12.0 Å². The van der Waals surface area contributed by atoms with E-state index in [0.717, 1.165) is 44.0 Å². The van der Waals surface area contributed by atoms with Gasteiger partial charge in [0.2, 0.25) is 0 Å². The highest BCUT2D eigenvalue weighted by atomic mass is 16.5. The molecule has 152 valence electrons. The van der Waals surface area contributed by atoms with Crippen molar-refractivity contribution in [2.45, 2.75) is 19.9 Å². The van der Waals surface area contributed by atoms with Gasteiger partial charge in [-0.1, -0.05) is 37.3 Å². The molecule has 0 aromatic heterocycles. The van der Waals surface area contributed by atoms with Crippen LogP contribution in [-0.4, -0.2) is 79.6 Å². The smallest absolute Gasteiger partial charge is 0.338 e. The van der Waals surface area contributed by atoms with Gasteiger partial charge in [-0.15, -0.1) is 0 Å². The molecule has 2 aliphatic heterocycles. The standard InChI is InChI=1S/C21H30N4O3/c1-4-24-11-13-25(14-12-24)15-17-18(20(26)28-5-2)19(22-21(27)23(17)3)16-9-7-6-8-10-16/h6-10,19H,4-5,11-15H2,1-3H3,(H,22,27). The summed E-state index contributed by atoms with van der Waals surface area (Å²) >= 11 is 0. The zero-order valence-electron chi connectivity index (χ0n) is 17.0. The fourth-order valence-electron chi connectivity index (χ4n) is 3.77. The molecule has 1 aromatic carbocycles. The van der Waals surface area contributed by atoms with Gasteiger partial charge in [-0.3, -0.25) is 9.80 Å². The molecule has 2 heterocycles. The number of rotatable bonds is 6. The number of benzene rings is 1. The SMILES string of the molecule is CCOC(=O)C1=C(CN2CCN(CC)CC2)N(C)C(=O)NC1c1ccccc1. The molecular formula is C21H30N4O3. The van der Waals surface area contributed by atoms with Crippen LogP contribution >= 0.6 is 0 Å². The van der Waals surface area contributed by atoms with Gasteiger partial charge in [0, 0.05) is 45.5 Å². The van der Waals surface area contributed by atoms with Crippen LogP contribution in [0.2, 0.25) is 0 Å². The Hall–Kier alpha value is -2.38. The molecule has 0 saturated carbocycles. The fourth-order valence-corrected chi connectivity index (χ4v) is 3.77. The van der Waals surface area contributed by atoms with Crippen molar-refractivity contribution < 1.29 is 14.3 Å². The van der Waals surface area contributed by atoms with E-state index in [2.05, 4.69) is 22.0 Å². The molecule has 0 bridgehead atoms. The predicted molar refractivity (Wildman–Crippen MR) is 108 cm³/mol. The number of nitrogens with zero attached hydrogens (tertiary/aromatic N) is 3. The van der Waals surface area contributed by atoms with E-state index in [1.807, 2.05) is 30.3 Å². The van der Waals surface area contributed by atoms with Crippen LogP contribution < -0.4 is 5.32 Å². The Morgan fingerprint density at radius 2 is 1.75 bits per heavy atom. The highest BCUT2D eigenvalue weighted by Gasteiger charge is 2.37. The van der Waals surface area contributed by atoms with Crippen molar-refractivity contribution in [1.82, 2.24) is 20.0 Å². The lowest BCUT2D eigenvalue weighted by atomic mass is 9.94. The first-order valence-corrected chi connectivity index (χ1v) is 9.99. The van der Waals surface area contributed by atoms with Crippen LogP contribution in [0.15, 0.2) is 41.6 Å². The fraction of sp³-hybridized carbons (Fsp3) is 0.524. The lowest BCUT2D eigenvalue weighted by molar-refractivity contribution is -0.139. The summed E-state index contributed by atoms with van der Waals surface area (Å²) in [6.45, 7) is 9.68. The lowest BCUT2D eigenvalue weighted by Gasteiger charge is -2.39. The number of nitrogens with one attached hydrogen (secondary N) is 1. The van der Waals surface area contributed by atoms with Gasteiger partial charge in [0.1, 0.15) is 0 Å². The van der Waals surface area contributed by atoms with Crippen LogP contribution in [0.1, 0.15) is 25.5 Å². The summed E-state index contributed by atoms with van der Waals surface area (Å²) in [6.07, 6.45) is 0. The number of likely N-dealkylation sites (N-methyl/N-ethyl adjacent to an activating group) is 2. The minimum absolute atomic E-state index is 0.205. The van der Waals surface area contributed by atoms with Crippen LogP contribution in [0.4, 0.5) is 4.79 Å². The second-order valence-corrected chi connectivity index (χ2v) is 7.14. The van der Waals surface area contributed by atoms with Gasteiger partial charge < -0.3 is 15.0 Å². The third kappa shape index (κ3) is 4.36. The van der Waals surface area contributed by atoms with Crippen LogP contribution in [0.3, 0.4) is 0 Å². The maximum atomic E-state index is 12.9. The summed E-state index contributed by atoms with van der Waals surface area (Å²) in [5.41, 5.74) is 2.12. The Bertz CT molecular complexity index is 726. The molecule has 0 aliphatic carbocycles. The molecule has 0 spiro atoms. The zero-order valence-corrected chi connectivity index (χ0v) is 17.0. The summed E-state index contributed by atoms with van der Waals surface area (Å²) in [7, 11) is 1.72. The zero-order chi connectivity index (χ0) is 20.1. The van der Waals surface area contributed by atoms with Crippen molar-refractivity contribution in [3.05, 3.63) is 47.2 Å². The van der Waals surface area contributed by atoms with E-state index in [0.29, 0.717) is 18.7 Å². The first-order chi connectivity index (χ1) is 13.5. The van der Waals surface area contributed by atoms with E-state index in [9.17, 15) is 9.59 Å². The van der Waals surface area contributed by atoms with E-state index in [-0.39, 0.29) is 12.0 Å². The third-order valence-electron chi connectivity index (χ3n) is 5.49. The number of amides is 2. The van der Waals surface area contributed by atoms with Gasteiger partial charge in [-0.2, -0.15) is 0 Å². The topological polar surface area (TPSA) is 65.1 Å². The van der Waals surface area contributed by atoms with Gasteiger partial charge >= 0.3 is 12.0 Å². The lowest BCUT2D eigenvalue weighted by Crippen LogP contribution is -2.52. The minimum atomic E-state index is -0.504. The van der Waals surface area contributed by atoms with Crippen LogP contribution in [-0.2, 0) is 9.53 Å². The summed E-state index contributed by atoms with van der Waals surface area (Å²) in [5, 5.41) is 2.96. The molecule has 2 amide bonds. The number of carbonyl (C=O) groups excluding carboxylic acids is 2. The number of hydrogen-bond donors (Lipinski definition) is 1. The monoisotopic (exact) mass is 386 g/mol.